The van der Waals surface area contributed by atoms with Crippen LogP contribution >= 0.6 is 0 Å². The molecule has 1 heterocycles. The van der Waals surface area contributed by atoms with Crippen molar-refractivity contribution >= 4 is 23.3 Å². The Balaban J connectivity index is 2.21. The number of aromatic carboxylic acids is 1. The number of hydrogen-bond donors (Lipinski definition) is 4. The molecule has 0 aliphatic carbocycles. The van der Waals surface area contributed by atoms with E-state index in [1.54, 1.807) is 0 Å². The number of nitrogens with one attached hydrogen (secondary N) is 2. The minimum atomic E-state index is -1.11. The first-order valence-electron chi connectivity index (χ1n) is 5.47. The van der Waals surface area contributed by atoms with E-state index in [0.29, 0.717) is 0 Å². The van der Waals surface area contributed by atoms with E-state index < -0.39 is 17.4 Å². The second-order valence-corrected chi connectivity index (χ2v) is 3.87. The predicted octanol–water partition coefficient (Wildman–Crippen LogP) is 0.303. The molecule has 0 spiro atoms. The Morgan fingerprint density at radius 1 is 1.25 bits per heavy atom. The summed E-state index contributed by atoms with van der Waals surface area (Å²) in [4.78, 5) is 33.4. The number of nitrogen functional groups attached to an aromatic ring is 1. The molecular weight excluding hydrogens is 264 g/mol. The van der Waals surface area contributed by atoms with Crippen molar-refractivity contribution in [3.63, 3.8) is 0 Å². The van der Waals surface area contributed by atoms with Gasteiger partial charge in [0.05, 0.1) is 16.9 Å². The minimum absolute atomic E-state index is 0.00584. The van der Waals surface area contributed by atoms with Gasteiger partial charge in [-0.05, 0) is 24.3 Å². The Bertz CT molecular complexity index is 718. The van der Waals surface area contributed by atoms with Gasteiger partial charge in [0.2, 0.25) is 0 Å². The monoisotopic (exact) mass is 274 g/mol. The molecule has 0 radical (unpaired) electrons. The van der Waals surface area contributed by atoms with Crippen LogP contribution in [0.4, 0.5) is 11.4 Å². The van der Waals surface area contributed by atoms with Gasteiger partial charge in [0.15, 0.2) is 0 Å². The van der Waals surface area contributed by atoms with Crippen LogP contribution in [-0.2, 0) is 0 Å². The number of carbonyl (C=O) groups excluding carboxylic acids is 1. The number of aromatic amines is 1. The number of anilines is 2. The van der Waals surface area contributed by atoms with E-state index in [4.69, 9.17) is 10.8 Å². The van der Waals surface area contributed by atoms with E-state index in [9.17, 15) is 14.4 Å². The molecule has 5 N–H and O–H groups in total. The second-order valence-electron chi connectivity index (χ2n) is 3.87. The minimum Gasteiger partial charge on any atom is -0.478 e. The number of amides is 1. The van der Waals surface area contributed by atoms with Crippen molar-refractivity contribution < 1.29 is 14.7 Å². The third kappa shape index (κ3) is 2.80. The first-order valence-corrected chi connectivity index (χ1v) is 5.47. The highest BCUT2D eigenvalue weighted by atomic mass is 16.4. The summed E-state index contributed by atoms with van der Waals surface area (Å²) in [5.74, 6) is -1.69. The molecule has 1 aromatic heterocycles. The van der Waals surface area contributed by atoms with Gasteiger partial charge >= 0.3 is 5.97 Å². The zero-order chi connectivity index (χ0) is 14.7. The zero-order valence-electron chi connectivity index (χ0n) is 10.1. The molecule has 1 aromatic carbocycles. The van der Waals surface area contributed by atoms with Crippen molar-refractivity contribution in [2.75, 3.05) is 11.1 Å². The van der Waals surface area contributed by atoms with Gasteiger partial charge in [-0.2, -0.15) is 5.10 Å². The molecule has 0 atom stereocenters. The molecule has 8 heteroatoms. The van der Waals surface area contributed by atoms with Gasteiger partial charge in [-0.15, -0.1) is 0 Å². The summed E-state index contributed by atoms with van der Waals surface area (Å²) in [5, 5.41) is 17.0. The smallest absolute Gasteiger partial charge is 0.335 e. The van der Waals surface area contributed by atoms with Crippen molar-refractivity contribution in [3.8, 4) is 0 Å². The molecule has 0 aliphatic heterocycles. The fraction of sp³-hybridized carbons (Fsp3) is 0. The maximum Gasteiger partial charge on any atom is 0.335 e. The SMILES string of the molecule is Nc1cc(C(=O)O)ccc1NC(=O)c1ccc(=O)[nH]n1. The van der Waals surface area contributed by atoms with Gasteiger partial charge in [-0.1, -0.05) is 0 Å². The molecule has 0 aliphatic rings. The number of carboxylic acid groups (broad SMARTS) is 1. The molecule has 102 valence electrons. The molecule has 8 nitrogen and oxygen atoms in total. The third-order valence-electron chi connectivity index (χ3n) is 2.46. The molecule has 1 amide bonds. The second kappa shape index (κ2) is 5.22. The van der Waals surface area contributed by atoms with E-state index in [0.717, 1.165) is 0 Å². The number of aromatic nitrogens is 2. The number of nitrogens with zero attached hydrogens (tertiary/aromatic N) is 1. The van der Waals surface area contributed by atoms with E-state index in [1.807, 2.05) is 0 Å². The number of carboxylic acids is 1. The molecule has 20 heavy (non-hydrogen) atoms. The number of carbonyl (C=O) groups is 2. The Labute approximate surface area is 112 Å². The molecule has 0 fully saturated rings. The summed E-state index contributed by atoms with van der Waals surface area (Å²) in [6.07, 6.45) is 0. The standard InChI is InChI=1S/C12H10N4O4/c13-7-5-6(12(19)20)1-2-8(7)14-11(18)9-3-4-10(17)16-15-9/h1-5H,13H2,(H,14,18)(H,16,17)(H,19,20). The predicted molar refractivity (Wildman–Crippen MR) is 70.6 cm³/mol. The number of hydrogen-bond acceptors (Lipinski definition) is 5. The molecule has 0 saturated heterocycles. The van der Waals surface area contributed by atoms with Crippen molar-refractivity contribution in [1.82, 2.24) is 10.2 Å². The van der Waals surface area contributed by atoms with E-state index >= 15 is 0 Å². The average molecular weight is 274 g/mol. The van der Waals surface area contributed by atoms with Crippen molar-refractivity contribution in [2.45, 2.75) is 0 Å². The third-order valence-corrected chi connectivity index (χ3v) is 2.46. The van der Waals surface area contributed by atoms with E-state index in [1.165, 1.54) is 30.3 Å². The fourth-order valence-corrected chi connectivity index (χ4v) is 1.47. The quantitative estimate of drug-likeness (QED) is 0.594. The molecule has 2 rings (SSSR count). The van der Waals surface area contributed by atoms with Crippen LogP contribution in [0.5, 0.6) is 0 Å². The van der Waals surface area contributed by atoms with Crippen LogP contribution in [0.15, 0.2) is 35.1 Å². The van der Waals surface area contributed by atoms with Crippen LogP contribution in [0.3, 0.4) is 0 Å². The largest absolute Gasteiger partial charge is 0.478 e. The maximum absolute atomic E-state index is 11.8. The van der Waals surface area contributed by atoms with Crippen molar-refractivity contribution in [3.05, 3.63) is 51.9 Å². The van der Waals surface area contributed by atoms with Gasteiger partial charge in [0.25, 0.3) is 11.5 Å². The summed E-state index contributed by atoms with van der Waals surface area (Å²) in [7, 11) is 0. The van der Waals surface area contributed by atoms with E-state index in [2.05, 4.69) is 15.5 Å². The van der Waals surface area contributed by atoms with E-state index in [-0.39, 0.29) is 22.6 Å². The molecule has 2 aromatic rings. The average Bonchev–Trinajstić information content (AvgIpc) is 2.41. The first-order chi connectivity index (χ1) is 9.47. The highest BCUT2D eigenvalue weighted by molar-refractivity contribution is 6.04. The van der Waals surface area contributed by atoms with Crippen LogP contribution in [0.1, 0.15) is 20.8 Å². The molecule has 0 bridgehead atoms. The van der Waals surface area contributed by atoms with Gasteiger partial charge in [0, 0.05) is 6.07 Å². The van der Waals surface area contributed by atoms with Gasteiger partial charge in [-0.25, -0.2) is 9.89 Å². The Morgan fingerprint density at radius 2 is 2.00 bits per heavy atom. The normalized spacial score (nSPS) is 10.0. The lowest BCUT2D eigenvalue weighted by Gasteiger charge is -2.08. The number of H-pyrrole nitrogens is 1. The lowest BCUT2D eigenvalue weighted by Crippen LogP contribution is -2.18. The highest BCUT2D eigenvalue weighted by Gasteiger charge is 2.11. The maximum atomic E-state index is 11.8. The summed E-state index contributed by atoms with van der Waals surface area (Å²) in [5.41, 5.74) is 5.62. The molecular formula is C12H10N4O4. The van der Waals surface area contributed by atoms with Gasteiger partial charge in [-0.3, -0.25) is 9.59 Å². The molecule has 0 unspecified atom stereocenters. The van der Waals surface area contributed by atoms with Crippen LogP contribution in [0.2, 0.25) is 0 Å². The lowest BCUT2D eigenvalue weighted by molar-refractivity contribution is 0.0697. The number of rotatable bonds is 3. The first kappa shape index (κ1) is 13.3. The summed E-state index contributed by atoms with van der Waals surface area (Å²) >= 11 is 0. The van der Waals surface area contributed by atoms with Gasteiger partial charge < -0.3 is 16.2 Å². The highest BCUT2D eigenvalue weighted by Crippen LogP contribution is 2.20. The Kier molecular flexibility index (Phi) is 3.47. The Hall–Kier alpha value is -3.16. The van der Waals surface area contributed by atoms with Gasteiger partial charge in [0.1, 0.15) is 5.69 Å². The zero-order valence-corrected chi connectivity index (χ0v) is 10.1. The fourth-order valence-electron chi connectivity index (χ4n) is 1.47. The van der Waals surface area contributed by atoms with Crippen LogP contribution < -0.4 is 16.6 Å². The summed E-state index contributed by atoms with van der Waals surface area (Å²) in [6, 6.07) is 6.35. The number of benzene rings is 1. The topological polar surface area (TPSA) is 138 Å². The van der Waals surface area contributed by atoms with Crippen LogP contribution in [-0.4, -0.2) is 27.2 Å². The Morgan fingerprint density at radius 3 is 2.55 bits per heavy atom. The summed E-state index contributed by atoms with van der Waals surface area (Å²) < 4.78 is 0. The molecule has 0 saturated carbocycles. The lowest BCUT2D eigenvalue weighted by atomic mass is 10.1. The van der Waals surface area contributed by atoms with Crippen molar-refractivity contribution in [1.29, 1.82) is 0 Å². The number of nitrogens with two attached hydrogens (primary N) is 1. The van der Waals surface area contributed by atoms with Crippen LogP contribution in [0.25, 0.3) is 0 Å². The van der Waals surface area contributed by atoms with Crippen LogP contribution in [0, 0.1) is 0 Å². The summed E-state index contributed by atoms with van der Waals surface area (Å²) in [6.45, 7) is 0. The van der Waals surface area contributed by atoms with Crippen molar-refractivity contribution in [2.24, 2.45) is 0 Å².